The molecule has 0 aromatic heterocycles. The van der Waals surface area contributed by atoms with Gasteiger partial charge in [-0.2, -0.15) is 0 Å². The predicted octanol–water partition coefficient (Wildman–Crippen LogP) is 5.70. The number of benzene rings is 2. The number of phenolic OH excluding ortho intramolecular Hbond substituents is 1. The normalized spacial score (nSPS) is 31.4. The van der Waals surface area contributed by atoms with Gasteiger partial charge in [0.15, 0.2) is 23.0 Å². The highest BCUT2D eigenvalue weighted by Crippen LogP contribution is 2.64. The summed E-state index contributed by atoms with van der Waals surface area (Å²) in [5.41, 5.74) is 0.130. The predicted molar refractivity (Wildman–Crippen MR) is 157 cm³/mol. The Morgan fingerprint density at radius 3 is 2.20 bits per heavy atom. The van der Waals surface area contributed by atoms with Crippen molar-refractivity contribution in [1.82, 2.24) is 0 Å². The van der Waals surface area contributed by atoms with Crippen molar-refractivity contribution in [3.63, 3.8) is 0 Å². The third-order valence-corrected chi connectivity index (χ3v) is 9.88. The third kappa shape index (κ3) is 3.94. The van der Waals surface area contributed by atoms with E-state index < -0.39 is 51.4 Å². The van der Waals surface area contributed by atoms with Gasteiger partial charge in [-0.25, -0.2) is 0 Å². The molecule has 3 aliphatic carbocycles. The third-order valence-electron chi connectivity index (χ3n) is 9.88. The van der Waals surface area contributed by atoms with Crippen molar-refractivity contribution in [1.29, 1.82) is 0 Å². The summed E-state index contributed by atoms with van der Waals surface area (Å²) in [4.78, 5) is 55.2. The van der Waals surface area contributed by atoms with Crippen LogP contribution in [-0.4, -0.2) is 38.9 Å². The number of aliphatic hydroxyl groups is 1. The van der Waals surface area contributed by atoms with Gasteiger partial charge in [-0.15, -0.1) is 0 Å². The zero-order valence-electron chi connectivity index (χ0n) is 24.8. The van der Waals surface area contributed by atoms with Crippen LogP contribution >= 0.6 is 0 Å². The first-order valence-corrected chi connectivity index (χ1v) is 14.2. The second-order valence-corrected chi connectivity index (χ2v) is 13.1. The maximum atomic E-state index is 14.4. The fourth-order valence-corrected chi connectivity index (χ4v) is 8.38. The molecular formula is C35H38O6. The highest BCUT2D eigenvalue weighted by molar-refractivity contribution is 6.27. The number of fused-ring (bicyclic) bond motifs is 3. The van der Waals surface area contributed by atoms with E-state index in [1.54, 1.807) is 19.9 Å². The van der Waals surface area contributed by atoms with Crippen LogP contribution in [0.5, 0.6) is 5.75 Å². The quantitative estimate of drug-likeness (QED) is 0.285. The van der Waals surface area contributed by atoms with Crippen molar-refractivity contribution in [3.05, 3.63) is 75.4 Å². The number of aromatic hydroxyl groups is 1. The highest BCUT2D eigenvalue weighted by atomic mass is 16.3. The van der Waals surface area contributed by atoms with E-state index in [0.29, 0.717) is 17.6 Å². The Labute approximate surface area is 241 Å². The Morgan fingerprint density at radius 2 is 1.61 bits per heavy atom. The van der Waals surface area contributed by atoms with E-state index in [0.717, 1.165) is 22.3 Å². The molecule has 0 spiro atoms. The number of hydrogen-bond donors (Lipinski definition) is 2. The average Bonchev–Trinajstić information content (AvgIpc) is 2.86. The Bertz CT molecular complexity index is 1570. The van der Waals surface area contributed by atoms with E-state index in [1.165, 1.54) is 13.0 Å². The number of carbonyl (C=O) groups excluding carboxylic acids is 4. The number of hydrogen-bond acceptors (Lipinski definition) is 6. The number of aryl methyl sites for hydroxylation is 1. The summed E-state index contributed by atoms with van der Waals surface area (Å²) < 4.78 is 0. The molecule has 0 amide bonds. The first-order chi connectivity index (χ1) is 19.1. The van der Waals surface area contributed by atoms with Crippen molar-refractivity contribution in [2.45, 2.75) is 66.9 Å². The standard InChI is InChI=1S/C35H38O6/c1-18(2)28-20(4)26(21(5)36)31(39)35(41)32(40)29-30(38)27-24(16-33(29,6)17-34(28,35)7)23(14-15-25(27)37)13-12-22-10-8-19(3)9-11-22/h8-15,18,26,29,37,41H,16-17H2,1-7H3/b13-12+/t26?,29?,33-,34-,35+/m0/s1. The van der Waals surface area contributed by atoms with Crippen LogP contribution in [0.3, 0.4) is 0 Å². The van der Waals surface area contributed by atoms with Crippen LogP contribution < -0.4 is 0 Å². The van der Waals surface area contributed by atoms with Crippen LogP contribution in [0.2, 0.25) is 0 Å². The van der Waals surface area contributed by atoms with Gasteiger partial charge >= 0.3 is 0 Å². The zero-order chi connectivity index (χ0) is 30.2. The molecule has 6 heteroatoms. The van der Waals surface area contributed by atoms with Gasteiger partial charge in [0.2, 0.25) is 0 Å². The summed E-state index contributed by atoms with van der Waals surface area (Å²) in [5, 5.41) is 23.1. The molecule has 41 heavy (non-hydrogen) atoms. The van der Waals surface area contributed by atoms with Crippen molar-refractivity contribution in [2.75, 3.05) is 0 Å². The molecule has 5 atom stereocenters. The second-order valence-electron chi connectivity index (χ2n) is 13.1. The maximum Gasteiger partial charge on any atom is 0.192 e. The van der Waals surface area contributed by atoms with Crippen LogP contribution in [-0.2, 0) is 20.8 Å². The summed E-state index contributed by atoms with van der Waals surface area (Å²) >= 11 is 0. The van der Waals surface area contributed by atoms with E-state index >= 15 is 0 Å². The van der Waals surface area contributed by atoms with Crippen LogP contribution in [0.4, 0.5) is 0 Å². The zero-order valence-corrected chi connectivity index (χ0v) is 24.8. The molecule has 214 valence electrons. The molecule has 0 aliphatic heterocycles. The van der Waals surface area contributed by atoms with Crippen LogP contribution in [0.15, 0.2) is 47.5 Å². The molecule has 0 saturated heterocycles. The van der Waals surface area contributed by atoms with Crippen molar-refractivity contribution >= 4 is 35.3 Å². The van der Waals surface area contributed by atoms with Crippen molar-refractivity contribution in [3.8, 4) is 5.75 Å². The first kappa shape index (κ1) is 28.9. The fourth-order valence-electron chi connectivity index (χ4n) is 8.38. The van der Waals surface area contributed by atoms with Crippen molar-refractivity contribution < 1.29 is 29.4 Å². The Balaban J connectivity index is 1.69. The van der Waals surface area contributed by atoms with Gasteiger partial charge in [0, 0.05) is 5.41 Å². The maximum absolute atomic E-state index is 14.4. The molecule has 0 heterocycles. The number of rotatable bonds is 4. The lowest BCUT2D eigenvalue weighted by Crippen LogP contribution is -2.73. The molecule has 3 aliphatic rings. The van der Waals surface area contributed by atoms with E-state index in [9.17, 15) is 29.4 Å². The highest BCUT2D eigenvalue weighted by Gasteiger charge is 2.73. The largest absolute Gasteiger partial charge is 0.507 e. The minimum atomic E-state index is -2.53. The SMILES string of the molecule is CC(=O)C1C(=O)[C@@]2(O)C(=O)C3C(=O)c4c(O)ccc(/C=C/c5ccc(C)cc5)c4C[C@@]3(C)C[C@@]2(C)C(C(C)C)=C1C. The smallest absolute Gasteiger partial charge is 0.192 e. The second kappa shape index (κ2) is 9.45. The summed E-state index contributed by atoms with van der Waals surface area (Å²) in [6, 6.07) is 11.2. The molecule has 2 unspecified atom stereocenters. The van der Waals surface area contributed by atoms with Crippen LogP contribution in [0.1, 0.15) is 80.6 Å². The van der Waals surface area contributed by atoms with Gasteiger partial charge in [-0.05, 0) is 67.7 Å². The molecule has 1 saturated carbocycles. The van der Waals surface area contributed by atoms with E-state index in [2.05, 4.69) is 0 Å². The molecule has 1 fully saturated rings. The molecule has 2 N–H and O–H groups in total. The van der Waals surface area contributed by atoms with Crippen molar-refractivity contribution in [2.24, 2.45) is 28.6 Å². The van der Waals surface area contributed by atoms with E-state index in [4.69, 9.17) is 0 Å². The molecule has 5 rings (SSSR count). The van der Waals surface area contributed by atoms with Gasteiger partial charge in [0.1, 0.15) is 17.5 Å². The molecule has 0 bridgehead atoms. The molecule has 0 radical (unpaired) electrons. The number of phenols is 1. The van der Waals surface area contributed by atoms with Gasteiger partial charge in [0.05, 0.1) is 11.5 Å². The minimum Gasteiger partial charge on any atom is -0.507 e. The number of carbonyl (C=O) groups is 4. The molecular weight excluding hydrogens is 516 g/mol. The summed E-state index contributed by atoms with van der Waals surface area (Å²) in [7, 11) is 0. The van der Waals surface area contributed by atoms with Crippen LogP contribution in [0, 0.1) is 35.5 Å². The summed E-state index contributed by atoms with van der Waals surface area (Å²) in [5.74, 6) is -5.71. The van der Waals surface area contributed by atoms with E-state index in [1.807, 2.05) is 64.1 Å². The van der Waals surface area contributed by atoms with Gasteiger partial charge < -0.3 is 10.2 Å². The lowest BCUT2D eigenvalue weighted by atomic mass is 9.41. The average molecular weight is 555 g/mol. The Hall–Kier alpha value is -3.64. The van der Waals surface area contributed by atoms with Crippen LogP contribution in [0.25, 0.3) is 12.2 Å². The van der Waals surface area contributed by atoms with E-state index in [-0.39, 0.29) is 23.7 Å². The lowest BCUT2D eigenvalue weighted by molar-refractivity contribution is -0.183. The van der Waals surface area contributed by atoms with Gasteiger partial charge in [-0.3, -0.25) is 19.2 Å². The first-order valence-electron chi connectivity index (χ1n) is 14.2. The van der Waals surface area contributed by atoms with Gasteiger partial charge in [0.25, 0.3) is 0 Å². The number of ketones is 4. The number of allylic oxidation sites excluding steroid dienone is 1. The fraction of sp³-hybridized carbons (Fsp3) is 0.429. The Kier molecular flexibility index (Phi) is 6.65. The summed E-state index contributed by atoms with van der Waals surface area (Å²) in [6.45, 7) is 12.5. The minimum absolute atomic E-state index is 0.0567. The topological polar surface area (TPSA) is 109 Å². The lowest BCUT2D eigenvalue weighted by Gasteiger charge is -2.60. The number of Topliss-reactive ketones (excluding diaryl/α,β-unsaturated/α-hetero) is 4. The Morgan fingerprint density at radius 1 is 0.976 bits per heavy atom. The van der Waals surface area contributed by atoms with Gasteiger partial charge in [-0.1, -0.05) is 86.9 Å². The monoisotopic (exact) mass is 554 g/mol. The molecule has 6 nitrogen and oxygen atoms in total. The molecule has 2 aromatic carbocycles. The molecule has 2 aromatic rings. The summed E-state index contributed by atoms with van der Waals surface area (Å²) in [6.07, 6.45) is 4.35.